The van der Waals surface area contributed by atoms with Gasteiger partial charge in [0, 0.05) is 69.9 Å². The van der Waals surface area contributed by atoms with Gasteiger partial charge in [0.25, 0.3) is 11.8 Å². The largest absolute Gasteiger partial charge is 0.446 e. The molecule has 2 N–H and O–H groups in total. The van der Waals surface area contributed by atoms with Crippen LogP contribution in [0.1, 0.15) is 47.7 Å². The van der Waals surface area contributed by atoms with Gasteiger partial charge in [-0.2, -0.15) is 13.2 Å². The van der Waals surface area contributed by atoms with Crippen LogP contribution in [-0.2, 0) is 10.9 Å². The molecular weight excluding hydrogens is 615 g/mol. The second-order valence-electron chi connectivity index (χ2n) is 11.5. The zero-order valence-electron chi connectivity index (χ0n) is 24.2. The van der Waals surface area contributed by atoms with Gasteiger partial charge in [-0.1, -0.05) is 6.08 Å². The Morgan fingerprint density at radius 1 is 1.11 bits per heavy atom. The number of alkyl halides is 5. The standard InChI is InChI=1S/C29H30F7N5O4/c1-15-13-40(7-6-39(15)2)21-9-20(30)23(16-4-3-5-41(14-16)27(44)45-17-10-28(32,33)11-17)24(31)25(21)38-26(43)18-12-37-22(42)8-19(18)29(34,35)36/h4,8-9,12,15,17H,3,5-7,10-11,13-14H2,1-2H3,(H,37,42)(H,38,43). The van der Waals surface area contributed by atoms with Gasteiger partial charge in [0.15, 0.2) is 5.82 Å². The van der Waals surface area contributed by atoms with Gasteiger partial charge < -0.3 is 29.7 Å². The lowest BCUT2D eigenvalue weighted by Gasteiger charge is -2.40. The molecule has 1 atom stereocenters. The van der Waals surface area contributed by atoms with Crippen LogP contribution in [-0.4, -0.2) is 84.6 Å². The van der Waals surface area contributed by atoms with Crippen LogP contribution in [0.25, 0.3) is 5.57 Å². The molecule has 2 fully saturated rings. The van der Waals surface area contributed by atoms with E-state index in [1.165, 1.54) is 6.08 Å². The summed E-state index contributed by atoms with van der Waals surface area (Å²) >= 11 is 0. The summed E-state index contributed by atoms with van der Waals surface area (Å²) in [7, 11) is 1.85. The quantitative estimate of drug-likeness (QED) is 0.440. The second kappa shape index (κ2) is 12.0. The van der Waals surface area contributed by atoms with Crippen molar-refractivity contribution in [1.82, 2.24) is 14.8 Å². The highest BCUT2D eigenvalue weighted by Crippen LogP contribution is 2.41. The molecule has 2 amide bonds. The zero-order chi connectivity index (χ0) is 32.8. The van der Waals surface area contributed by atoms with Crippen molar-refractivity contribution in [3.8, 4) is 0 Å². The summed E-state index contributed by atoms with van der Waals surface area (Å²) < 4.78 is 105. The molecule has 3 aliphatic rings. The summed E-state index contributed by atoms with van der Waals surface area (Å²) in [5.41, 5.74) is -4.99. The van der Waals surface area contributed by atoms with Gasteiger partial charge in [0.2, 0.25) is 5.56 Å². The van der Waals surface area contributed by atoms with Crippen molar-refractivity contribution in [2.75, 3.05) is 50.0 Å². The SMILES string of the molecule is CC1CN(c2cc(F)c(C3=CCCN(C(=O)OC4CC(F)(F)C4)C3)c(F)c2NC(=O)c2c[nH]c(=O)cc2C(F)(F)F)CCN1C. The van der Waals surface area contributed by atoms with E-state index in [9.17, 15) is 36.3 Å². The fraction of sp³-hybridized carbons (Fsp3) is 0.483. The molecule has 1 aromatic heterocycles. The minimum absolute atomic E-state index is 0.0130. The Kier molecular flexibility index (Phi) is 8.63. The van der Waals surface area contributed by atoms with Crippen LogP contribution in [0.15, 0.2) is 29.2 Å². The first-order valence-electron chi connectivity index (χ1n) is 14.2. The number of ether oxygens (including phenoxy) is 1. The number of piperazine rings is 1. The number of pyridine rings is 1. The predicted octanol–water partition coefficient (Wildman–Crippen LogP) is 5.09. The molecule has 5 rings (SSSR count). The van der Waals surface area contributed by atoms with Crippen LogP contribution < -0.4 is 15.8 Å². The van der Waals surface area contributed by atoms with Gasteiger partial charge in [-0.05, 0) is 26.0 Å². The number of aromatic nitrogens is 1. The van der Waals surface area contributed by atoms with E-state index in [-0.39, 0.29) is 56.0 Å². The van der Waals surface area contributed by atoms with E-state index in [2.05, 4.69) is 5.32 Å². The number of rotatable bonds is 5. The number of carbonyl (C=O) groups is 2. The normalized spacial score (nSPS) is 20.8. The van der Waals surface area contributed by atoms with Crippen molar-refractivity contribution < 1.29 is 45.1 Å². The van der Waals surface area contributed by atoms with Crippen LogP contribution in [0.5, 0.6) is 0 Å². The Labute approximate surface area is 252 Å². The van der Waals surface area contributed by atoms with Crippen LogP contribution >= 0.6 is 0 Å². The lowest BCUT2D eigenvalue weighted by Crippen LogP contribution is -2.50. The monoisotopic (exact) mass is 645 g/mol. The van der Waals surface area contributed by atoms with Gasteiger partial charge >= 0.3 is 12.3 Å². The number of anilines is 2. The number of aromatic amines is 1. The van der Waals surface area contributed by atoms with Gasteiger partial charge in [0.1, 0.15) is 17.6 Å². The van der Waals surface area contributed by atoms with Crippen molar-refractivity contribution in [3.05, 3.63) is 63.1 Å². The number of nitrogens with one attached hydrogen (secondary N) is 2. The average molecular weight is 646 g/mol. The molecule has 244 valence electrons. The fourth-order valence-electron chi connectivity index (χ4n) is 5.60. The lowest BCUT2D eigenvalue weighted by atomic mass is 9.91. The number of amides is 2. The van der Waals surface area contributed by atoms with E-state index in [0.717, 1.165) is 11.0 Å². The van der Waals surface area contributed by atoms with Crippen molar-refractivity contribution in [2.24, 2.45) is 0 Å². The maximum absolute atomic E-state index is 16.4. The molecule has 0 radical (unpaired) electrons. The number of hydrogen-bond acceptors (Lipinski definition) is 6. The molecule has 0 bridgehead atoms. The van der Waals surface area contributed by atoms with Gasteiger partial charge in [0.05, 0.1) is 22.4 Å². The Morgan fingerprint density at radius 3 is 2.47 bits per heavy atom. The fourth-order valence-corrected chi connectivity index (χ4v) is 5.60. The average Bonchev–Trinajstić information content (AvgIpc) is 2.94. The molecule has 1 aromatic carbocycles. The summed E-state index contributed by atoms with van der Waals surface area (Å²) in [5, 5.41) is 2.18. The van der Waals surface area contributed by atoms with E-state index in [1.807, 2.05) is 23.9 Å². The molecule has 0 spiro atoms. The van der Waals surface area contributed by atoms with Gasteiger partial charge in [-0.25, -0.2) is 22.4 Å². The molecule has 1 saturated carbocycles. The predicted molar refractivity (Wildman–Crippen MR) is 149 cm³/mol. The summed E-state index contributed by atoms with van der Waals surface area (Å²) in [6, 6.07) is 1.09. The Balaban J connectivity index is 1.50. The van der Waals surface area contributed by atoms with E-state index >= 15 is 8.78 Å². The Hall–Kier alpha value is -4.08. The van der Waals surface area contributed by atoms with Crippen LogP contribution in [0.3, 0.4) is 0 Å². The number of H-pyrrole nitrogens is 1. The highest BCUT2D eigenvalue weighted by molar-refractivity contribution is 6.07. The minimum atomic E-state index is -5.09. The second-order valence-corrected chi connectivity index (χ2v) is 11.5. The number of benzene rings is 1. The van der Waals surface area contributed by atoms with Crippen molar-refractivity contribution in [3.63, 3.8) is 0 Å². The van der Waals surface area contributed by atoms with E-state index in [4.69, 9.17) is 4.74 Å². The molecule has 9 nitrogen and oxygen atoms in total. The molecule has 3 heterocycles. The van der Waals surface area contributed by atoms with Crippen molar-refractivity contribution >= 4 is 28.9 Å². The highest BCUT2D eigenvalue weighted by atomic mass is 19.4. The van der Waals surface area contributed by atoms with Crippen molar-refractivity contribution in [2.45, 2.75) is 50.4 Å². The maximum Gasteiger partial charge on any atom is 0.417 e. The number of carbonyl (C=O) groups excluding carboxylic acids is 2. The van der Waals surface area contributed by atoms with Crippen molar-refractivity contribution in [1.29, 1.82) is 0 Å². The maximum atomic E-state index is 16.4. The Bertz CT molecular complexity index is 1580. The van der Waals surface area contributed by atoms with Crippen LogP contribution in [0, 0.1) is 11.6 Å². The summed E-state index contributed by atoms with van der Waals surface area (Å²) in [5.74, 6) is -6.67. The summed E-state index contributed by atoms with van der Waals surface area (Å²) in [6.07, 6.45) is -6.10. The van der Waals surface area contributed by atoms with E-state index in [1.54, 1.807) is 4.90 Å². The van der Waals surface area contributed by atoms with E-state index < -0.39 is 82.6 Å². The lowest BCUT2D eigenvalue weighted by molar-refractivity contribution is -0.147. The molecule has 2 aliphatic heterocycles. The number of likely N-dealkylation sites (N-methyl/N-ethyl adjacent to an activating group) is 1. The molecule has 1 unspecified atom stereocenters. The smallest absolute Gasteiger partial charge is 0.417 e. The molecule has 16 heteroatoms. The zero-order valence-corrected chi connectivity index (χ0v) is 24.2. The first-order chi connectivity index (χ1) is 21.0. The van der Waals surface area contributed by atoms with E-state index in [0.29, 0.717) is 12.7 Å². The third-order valence-corrected chi connectivity index (χ3v) is 8.26. The number of hydrogen-bond donors (Lipinski definition) is 2. The van der Waals surface area contributed by atoms with Crippen LogP contribution in [0.2, 0.25) is 0 Å². The molecule has 45 heavy (non-hydrogen) atoms. The minimum Gasteiger partial charge on any atom is -0.446 e. The van der Waals surface area contributed by atoms with Crippen LogP contribution in [0.4, 0.5) is 46.9 Å². The summed E-state index contributed by atoms with van der Waals surface area (Å²) in [6.45, 7) is 2.62. The highest BCUT2D eigenvalue weighted by Gasteiger charge is 2.48. The summed E-state index contributed by atoms with van der Waals surface area (Å²) in [4.78, 5) is 44.2. The third-order valence-electron chi connectivity index (χ3n) is 8.26. The molecule has 1 aliphatic carbocycles. The van der Waals surface area contributed by atoms with Gasteiger partial charge in [-0.15, -0.1) is 0 Å². The molecular formula is C29H30F7N5O4. The number of nitrogens with zero attached hydrogens (tertiary/aromatic N) is 3. The first kappa shape index (κ1) is 32.3. The number of halogens is 7. The topological polar surface area (TPSA) is 98.0 Å². The molecule has 2 aromatic rings. The third kappa shape index (κ3) is 6.79. The van der Waals surface area contributed by atoms with Gasteiger partial charge in [-0.3, -0.25) is 9.59 Å². The Morgan fingerprint density at radius 2 is 1.82 bits per heavy atom. The molecule has 1 saturated heterocycles. The first-order valence-corrected chi connectivity index (χ1v) is 14.2.